The first-order valence-electron chi connectivity index (χ1n) is 6.30. The normalized spacial score (nSPS) is 12.9. The summed E-state index contributed by atoms with van der Waals surface area (Å²) >= 11 is 0. The number of hydrogen-bond donors (Lipinski definition) is 2. The molecule has 3 N–H and O–H groups in total. The standard InChI is InChI=1S/C14H19FN4/c1-9(2)19-13(6-7-17-19)14(18-16)11-8-10(3)4-5-12(11)15/h4-9,14,18H,16H2,1-3H3. The van der Waals surface area contributed by atoms with E-state index in [-0.39, 0.29) is 11.9 Å². The summed E-state index contributed by atoms with van der Waals surface area (Å²) in [4.78, 5) is 0. The highest BCUT2D eigenvalue weighted by atomic mass is 19.1. The first-order valence-corrected chi connectivity index (χ1v) is 6.30. The van der Waals surface area contributed by atoms with Crippen LogP contribution in [-0.4, -0.2) is 9.78 Å². The molecule has 2 aromatic rings. The lowest BCUT2D eigenvalue weighted by atomic mass is 10.0. The van der Waals surface area contributed by atoms with Crippen LogP contribution >= 0.6 is 0 Å². The Morgan fingerprint density at radius 2 is 2.05 bits per heavy atom. The number of hydrogen-bond acceptors (Lipinski definition) is 3. The molecular weight excluding hydrogens is 243 g/mol. The van der Waals surface area contributed by atoms with Crippen molar-refractivity contribution in [3.63, 3.8) is 0 Å². The Labute approximate surface area is 112 Å². The number of halogens is 1. The molecule has 0 aliphatic carbocycles. The van der Waals surface area contributed by atoms with Crippen LogP contribution in [0.2, 0.25) is 0 Å². The number of aryl methyl sites for hydroxylation is 1. The number of aromatic nitrogens is 2. The van der Waals surface area contributed by atoms with Crippen molar-refractivity contribution in [1.82, 2.24) is 15.2 Å². The number of benzene rings is 1. The van der Waals surface area contributed by atoms with Crippen LogP contribution in [0.3, 0.4) is 0 Å². The van der Waals surface area contributed by atoms with E-state index >= 15 is 0 Å². The van der Waals surface area contributed by atoms with Gasteiger partial charge in [-0.25, -0.2) is 9.82 Å². The molecule has 0 amide bonds. The molecule has 2 rings (SSSR count). The van der Waals surface area contributed by atoms with Gasteiger partial charge >= 0.3 is 0 Å². The first-order chi connectivity index (χ1) is 9.04. The first kappa shape index (κ1) is 13.7. The molecule has 1 unspecified atom stereocenters. The highest BCUT2D eigenvalue weighted by molar-refractivity contribution is 5.32. The smallest absolute Gasteiger partial charge is 0.128 e. The zero-order valence-corrected chi connectivity index (χ0v) is 11.4. The van der Waals surface area contributed by atoms with Crippen molar-refractivity contribution in [2.24, 2.45) is 5.84 Å². The maximum absolute atomic E-state index is 14.0. The van der Waals surface area contributed by atoms with Crippen LogP contribution in [0.25, 0.3) is 0 Å². The minimum absolute atomic E-state index is 0.189. The molecule has 5 heteroatoms. The molecule has 4 nitrogen and oxygen atoms in total. The molecule has 19 heavy (non-hydrogen) atoms. The Hall–Kier alpha value is -1.72. The third-order valence-corrected chi connectivity index (χ3v) is 3.11. The zero-order valence-electron chi connectivity index (χ0n) is 11.4. The number of hydrazine groups is 1. The average molecular weight is 262 g/mol. The topological polar surface area (TPSA) is 55.9 Å². The predicted molar refractivity (Wildman–Crippen MR) is 72.9 cm³/mol. The molecule has 0 saturated carbocycles. The molecule has 0 aliphatic rings. The minimum Gasteiger partial charge on any atom is -0.271 e. The molecule has 1 heterocycles. The van der Waals surface area contributed by atoms with Gasteiger partial charge in [0.2, 0.25) is 0 Å². The fraction of sp³-hybridized carbons (Fsp3) is 0.357. The van der Waals surface area contributed by atoms with Crippen LogP contribution in [0.15, 0.2) is 30.5 Å². The van der Waals surface area contributed by atoms with Crippen LogP contribution in [0.5, 0.6) is 0 Å². The molecule has 0 saturated heterocycles. The SMILES string of the molecule is Cc1ccc(F)c(C(NN)c2ccnn2C(C)C)c1. The second-order valence-corrected chi connectivity index (χ2v) is 4.92. The summed E-state index contributed by atoms with van der Waals surface area (Å²) in [5.74, 6) is 5.35. The van der Waals surface area contributed by atoms with E-state index in [4.69, 9.17) is 5.84 Å². The van der Waals surface area contributed by atoms with Gasteiger partial charge in [-0.3, -0.25) is 10.5 Å². The molecule has 102 valence electrons. The van der Waals surface area contributed by atoms with E-state index in [1.54, 1.807) is 18.3 Å². The Bertz CT molecular complexity index is 562. The number of nitrogens with one attached hydrogen (secondary N) is 1. The third kappa shape index (κ3) is 2.67. The summed E-state index contributed by atoms with van der Waals surface area (Å²) in [5, 5.41) is 4.26. The van der Waals surface area contributed by atoms with E-state index in [9.17, 15) is 4.39 Å². The second kappa shape index (κ2) is 5.50. The van der Waals surface area contributed by atoms with Crippen molar-refractivity contribution in [2.45, 2.75) is 32.9 Å². The van der Waals surface area contributed by atoms with E-state index in [0.29, 0.717) is 5.56 Å². The molecule has 1 aromatic carbocycles. The summed E-state index contributed by atoms with van der Waals surface area (Å²) < 4.78 is 15.8. The highest BCUT2D eigenvalue weighted by Gasteiger charge is 2.21. The van der Waals surface area contributed by atoms with Crippen molar-refractivity contribution in [3.8, 4) is 0 Å². The zero-order chi connectivity index (χ0) is 14.0. The van der Waals surface area contributed by atoms with E-state index < -0.39 is 6.04 Å². The van der Waals surface area contributed by atoms with Crippen LogP contribution in [0.1, 0.15) is 42.8 Å². The monoisotopic (exact) mass is 262 g/mol. The van der Waals surface area contributed by atoms with Crippen LogP contribution < -0.4 is 11.3 Å². The van der Waals surface area contributed by atoms with Gasteiger partial charge in [0.1, 0.15) is 5.82 Å². The van der Waals surface area contributed by atoms with Gasteiger partial charge in [0.05, 0.1) is 11.7 Å². The lowest BCUT2D eigenvalue weighted by Crippen LogP contribution is -2.31. The summed E-state index contributed by atoms with van der Waals surface area (Å²) in [7, 11) is 0. The van der Waals surface area contributed by atoms with Crippen LogP contribution in [0, 0.1) is 12.7 Å². The molecular formula is C14H19FN4. The van der Waals surface area contributed by atoms with Crippen molar-refractivity contribution < 1.29 is 4.39 Å². The van der Waals surface area contributed by atoms with E-state index in [1.807, 2.05) is 31.5 Å². The van der Waals surface area contributed by atoms with Gasteiger partial charge in [-0.2, -0.15) is 5.10 Å². The Morgan fingerprint density at radius 3 is 2.68 bits per heavy atom. The van der Waals surface area contributed by atoms with Crippen LogP contribution in [-0.2, 0) is 0 Å². The van der Waals surface area contributed by atoms with Crippen molar-refractivity contribution in [1.29, 1.82) is 0 Å². The molecule has 1 aromatic heterocycles. The molecule has 0 fully saturated rings. The summed E-state index contributed by atoms with van der Waals surface area (Å²) in [6, 6.07) is 6.64. The second-order valence-electron chi connectivity index (χ2n) is 4.92. The molecule has 0 aliphatic heterocycles. The van der Waals surface area contributed by atoms with Crippen molar-refractivity contribution >= 4 is 0 Å². The Morgan fingerprint density at radius 1 is 1.32 bits per heavy atom. The quantitative estimate of drug-likeness (QED) is 0.657. The molecule has 0 bridgehead atoms. The van der Waals surface area contributed by atoms with Gasteiger partial charge in [-0.05, 0) is 32.9 Å². The fourth-order valence-electron chi connectivity index (χ4n) is 2.20. The molecule has 0 spiro atoms. The van der Waals surface area contributed by atoms with Crippen molar-refractivity contribution in [3.05, 3.63) is 53.1 Å². The van der Waals surface area contributed by atoms with Gasteiger partial charge in [-0.1, -0.05) is 17.7 Å². The van der Waals surface area contributed by atoms with E-state index in [2.05, 4.69) is 10.5 Å². The van der Waals surface area contributed by atoms with Gasteiger partial charge < -0.3 is 0 Å². The summed E-state index contributed by atoms with van der Waals surface area (Å²) in [6.07, 6.45) is 1.70. The summed E-state index contributed by atoms with van der Waals surface area (Å²) in [6.45, 7) is 5.98. The maximum atomic E-state index is 14.0. The largest absolute Gasteiger partial charge is 0.271 e. The summed E-state index contributed by atoms with van der Waals surface area (Å²) in [5.41, 5.74) is 5.06. The van der Waals surface area contributed by atoms with Gasteiger partial charge in [0, 0.05) is 17.8 Å². The third-order valence-electron chi connectivity index (χ3n) is 3.11. The molecule has 1 atom stereocenters. The minimum atomic E-state index is -0.412. The predicted octanol–water partition coefficient (Wildman–Crippen LogP) is 2.46. The maximum Gasteiger partial charge on any atom is 0.128 e. The highest BCUT2D eigenvalue weighted by Crippen LogP contribution is 2.26. The van der Waals surface area contributed by atoms with Gasteiger partial charge in [0.25, 0.3) is 0 Å². The number of nitrogens with two attached hydrogens (primary N) is 1. The van der Waals surface area contributed by atoms with E-state index in [0.717, 1.165) is 11.3 Å². The van der Waals surface area contributed by atoms with Crippen molar-refractivity contribution in [2.75, 3.05) is 0 Å². The number of rotatable bonds is 4. The lowest BCUT2D eigenvalue weighted by Gasteiger charge is -2.21. The number of nitrogens with zero attached hydrogens (tertiary/aromatic N) is 2. The van der Waals surface area contributed by atoms with E-state index in [1.165, 1.54) is 6.07 Å². The van der Waals surface area contributed by atoms with Gasteiger partial charge in [-0.15, -0.1) is 0 Å². The fourth-order valence-corrected chi connectivity index (χ4v) is 2.20. The average Bonchev–Trinajstić information content (AvgIpc) is 2.84. The van der Waals surface area contributed by atoms with Crippen LogP contribution in [0.4, 0.5) is 4.39 Å². The Kier molecular flexibility index (Phi) is 3.97. The lowest BCUT2D eigenvalue weighted by molar-refractivity contribution is 0.467. The molecule has 0 radical (unpaired) electrons. The van der Waals surface area contributed by atoms with Gasteiger partial charge in [0.15, 0.2) is 0 Å². The Balaban J connectivity index is 2.50.